The van der Waals surface area contributed by atoms with E-state index in [1.165, 1.54) is 7.05 Å². The molecule has 0 spiro atoms. The van der Waals surface area contributed by atoms with Gasteiger partial charge in [0.15, 0.2) is 11.2 Å². The lowest BCUT2D eigenvalue weighted by Gasteiger charge is -2.12. The van der Waals surface area contributed by atoms with E-state index in [4.69, 9.17) is 11.6 Å². The van der Waals surface area contributed by atoms with Gasteiger partial charge in [-0.05, 0) is 23.6 Å². The van der Waals surface area contributed by atoms with E-state index in [1.54, 1.807) is 15.5 Å². The molecule has 2 aromatic heterocycles. The molecule has 0 aliphatic heterocycles. The molecule has 1 aromatic carbocycles. The van der Waals surface area contributed by atoms with Crippen molar-refractivity contribution in [2.24, 2.45) is 13.0 Å². The summed E-state index contributed by atoms with van der Waals surface area (Å²) in [5.74, 6) is 0.268. The molecule has 0 saturated heterocycles. The van der Waals surface area contributed by atoms with Crippen LogP contribution in [0.3, 0.4) is 0 Å². The van der Waals surface area contributed by atoms with Gasteiger partial charge >= 0.3 is 5.69 Å². The van der Waals surface area contributed by atoms with Gasteiger partial charge in [0.1, 0.15) is 0 Å². The first kappa shape index (κ1) is 16.5. The number of halogens is 1. The van der Waals surface area contributed by atoms with E-state index >= 15 is 0 Å². The summed E-state index contributed by atoms with van der Waals surface area (Å²) in [7, 11) is 1.50. The van der Waals surface area contributed by atoms with Crippen LogP contribution in [0, 0.1) is 5.92 Å². The van der Waals surface area contributed by atoms with Crippen LogP contribution >= 0.6 is 11.6 Å². The van der Waals surface area contributed by atoms with Crippen molar-refractivity contribution in [1.82, 2.24) is 18.7 Å². The molecule has 0 fully saturated rings. The summed E-state index contributed by atoms with van der Waals surface area (Å²) in [5.41, 5.74) is 1.21. The molecule has 0 atom stereocenters. The topological polar surface area (TPSA) is 61.8 Å². The zero-order valence-corrected chi connectivity index (χ0v) is 14.6. The summed E-state index contributed by atoms with van der Waals surface area (Å²) in [6.45, 7) is 5.05. The van der Waals surface area contributed by atoms with Crippen LogP contribution in [-0.4, -0.2) is 18.7 Å². The Bertz CT molecular complexity index is 996. The predicted octanol–water partition coefficient (Wildman–Crippen LogP) is 2.25. The molecular formula is C17H19ClN4O2. The summed E-state index contributed by atoms with van der Waals surface area (Å²) < 4.78 is 4.49. The lowest BCUT2D eigenvalue weighted by Crippen LogP contribution is -2.39. The molecule has 0 N–H and O–H groups in total. The van der Waals surface area contributed by atoms with Gasteiger partial charge in [0, 0.05) is 25.2 Å². The Kier molecular flexibility index (Phi) is 4.32. The number of hydrogen-bond acceptors (Lipinski definition) is 3. The molecule has 0 aliphatic carbocycles. The molecule has 24 heavy (non-hydrogen) atoms. The minimum absolute atomic E-state index is 0.268. The quantitative estimate of drug-likeness (QED) is 0.728. The van der Waals surface area contributed by atoms with Crippen LogP contribution in [0.15, 0.2) is 40.2 Å². The number of imidazole rings is 1. The highest BCUT2D eigenvalue weighted by molar-refractivity contribution is 6.30. The van der Waals surface area contributed by atoms with Gasteiger partial charge in [0.2, 0.25) is 0 Å². The van der Waals surface area contributed by atoms with Gasteiger partial charge in [-0.25, -0.2) is 9.78 Å². The van der Waals surface area contributed by atoms with Crippen LogP contribution in [-0.2, 0) is 20.1 Å². The lowest BCUT2D eigenvalue weighted by molar-refractivity contribution is 0.500. The van der Waals surface area contributed by atoms with Gasteiger partial charge in [-0.2, -0.15) is 0 Å². The minimum Gasteiger partial charge on any atom is -0.320 e. The number of aromatic nitrogens is 4. The van der Waals surface area contributed by atoms with Crippen molar-refractivity contribution >= 4 is 22.8 Å². The average Bonchev–Trinajstić information content (AvgIpc) is 2.95. The molecule has 2 heterocycles. The highest BCUT2D eigenvalue weighted by Crippen LogP contribution is 2.14. The van der Waals surface area contributed by atoms with Crippen LogP contribution in [0.25, 0.3) is 11.2 Å². The van der Waals surface area contributed by atoms with Crippen LogP contribution in [0.4, 0.5) is 0 Å². The fourth-order valence-corrected chi connectivity index (χ4v) is 2.87. The molecule has 0 saturated carbocycles. The minimum atomic E-state index is -0.335. The molecule has 0 radical (unpaired) electrons. The first-order valence-corrected chi connectivity index (χ1v) is 8.15. The van der Waals surface area contributed by atoms with E-state index in [0.717, 1.165) is 10.1 Å². The van der Waals surface area contributed by atoms with Crippen molar-refractivity contribution < 1.29 is 0 Å². The Labute approximate surface area is 143 Å². The third-order valence-electron chi connectivity index (χ3n) is 3.91. The van der Waals surface area contributed by atoms with Crippen molar-refractivity contribution in [3.8, 4) is 0 Å². The first-order valence-electron chi connectivity index (χ1n) is 7.77. The Balaban J connectivity index is 2.17. The predicted molar refractivity (Wildman–Crippen MR) is 94.6 cm³/mol. The van der Waals surface area contributed by atoms with Crippen molar-refractivity contribution in [1.29, 1.82) is 0 Å². The molecular weight excluding hydrogens is 328 g/mol. The average molecular weight is 347 g/mol. The summed E-state index contributed by atoms with van der Waals surface area (Å²) in [5, 5.41) is 0.663. The zero-order valence-electron chi connectivity index (χ0n) is 13.9. The van der Waals surface area contributed by atoms with E-state index in [0.29, 0.717) is 29.3 Å². The molecule has 0 aliphatic rings. The Morgan fingerprint density at radius 1 is 1.17 bits per heavy atom. The number of fused-ring (bicyclic) bond motifs is 1. The molecule has 6 nitrogen and oxygen atoms in total. The maximum Gasteiger partial charge on any atom is 0.332 e. The zero-order chi connectivity index (χ0) is 17.4. The van der Waals surface area contributed by atoms with Crippen LogP contribution in [0.1, 0.15) is 19.4 Å². The molecule has 0 amide bonds. The highest BCUT2D eigenvalue weighted by atomic mass is 35.5. The molecule has 3 aromatic rings. The van der Waals surface area contributed by atoms with Crippen LogP contribution in [0.2, 0.25) is 5.02 Å². The Hall–Kier alpha value is -2.34. The van der Waals surface area contributed by atoms with Crippen molar-refractivity contribution in [2.45, 2.75) is 26.9 Å². The van der Waals surface area contributed by atoms with Crippen molar-refractivity contribution in [3.05, 3.63) is 62.0 Å². The lowest BCUT2D eigenvalue weighted by atomic mass is 10.2. The van der Waals surface area contributed by atoms with Gasteiger partial charge < -0.3 is 4.57 Å². The Morgan fingerprint density at radius 3 is 2.46 bits per heavy atom. The number of hydrogen-bond donors (Lipinski definition) is 0. The first-order chi connectivity index (χ1) is 11.4. The second-order valence-corrected chi connectivity index (χ2v) is 6.76. The van der Waals surface area contributed by atoms with Gasteiger partial charge in [-0.1, -0.05) is 37.6 Å². The summed E-state index contributed by atoms with van der Waals surface area (Å²) in [4.78, 5) is 29.3. The summed E-state index contributed by atoms with van der Waals surface area (Å²) in [6.07, 6.45) is 1.61. The third kappa shape index (κ3) is 2.89. The second kappa shape index (κ2) is 6.28. The van der Waals surface area contributed by atoms with Crippen molar-refractivity contribution in [2.75, 3.05) is 0 Å². The van der Waals surface area contributed by atoms with E-state index < -0.39 is 0 Å². The number of benzene rings is 1. The molecule has 0 unspecified atom stereocenters. The number of rotatable bonds is 4. The third-order valence-corrected chi connectivity index (χ3v) is 4.17. The largest absolute Gasteiger partial charge is 0.332 e. The van der Waals surface area contributed by atoms with Crippen molar-refractivity contribution in [3.63, 3.8) is 0 Å². The van der Waals surface area contributed by atoms with E-state index in [-0.39, 0.29) is 17.2 Å². The fourth-order valence-electron chi connectivity index (χ4n) is 2.74. The van der Waals surface area contributed by atoms with E-state index in [9.17, 15) is 9.59 Å². The normalized spacial score (nSPS) is 11.5. The van der Waals surface area contributed by atoms with Crippen LogP contribution in [0.5, 0.6) is 0 Å². The van der Waals surface area contributed by atoms with Gasteiger partial charge in [-0.15, -0.1) is 0 Å². The SMILES string of the molecule is CC(C)Cn1c(=O)n(C)c(=O)c2c1ncn2Cc1ccc(Cl)cc1. The van der Waals surface area contributed by atoms with E-state index in [2.05, 4.69) is 4.98 Å². The van der Waals surface area contributed by atoms with Gasteiger partial charge in [0.25, 0.3) is 5.56 Å². The molecule has 0 bridgehead atoms. The summed E-state index contributed by atoms with van der Waals surface area (Å²) >= 11 is 5.91. The van der Waals surface area contributed by atoms with E-state index in [1.807, 2.05) is 38.1 Å². The summed E-state index contributed by atoms with van der Waals surface area (Å²) in [6, 6.07) is 7.43. The molecule has 7 heteroatoms. The Morgan fingerprint density at radius 2 is 1.83 bits per heavy atom. The standard InChI is InChI=1S/C17H19ClN4O2/c1-11(2)8-22-15-14(16(23)20(3)17(22)24)21(10-19-15)9-12-4-6-13(18)7-5-12/h4-7,10-11H,8-9H2,1-3H3. The second-order valence-electron chi connectivity index (χ2n) is 6.32. The number of nitrogens with zero attached hydrogens (tertiary/aromatic N) is 4. The van der Waals surface area contributed by atoms with Gasteiger partial charge in [-0.3, -0.25) is 13.9 Å². The molecule has 3 rings (SSSR count). The fraction of sp³-hybridized carbons (Fsp3) is 0.353. The highest BCUT2D eigenvalue weighted by Gasteiger charge is 2.17. The molecule has 126 valence electrons. The van der Waals surface area contributed by atoms with Crippen LogP contribution < -0.4 is 11.2 Å². The monoisotopic (exact) mass is 346 g/mol. The maximum absolute atomic E-state index is 12.6. The van der Waals surface area contributed by atoms with Gasteiger partial charge in [0.05, 0.1) is 6.33 Å². The smallest absolute Gasteiger partial charge is 0.320 e. The maximum atomic E-state index is 12.6.